The number of aromatic nitrogens is 2. The van der Waals surface area contributed by atoms with Gasteiger partial charge in [0, 0.05) is 12.3 Å². The predicted octanol–water partition coefficient (Wildman–Crippen LogP) is 1.57. The van der Waals surface area contributed by atoms with Crippen LogP contribution in [0.1, 0.15) is 22.4 Å². The second-order valence-electron chi connectivity index (χ2n) is 4.38. The van der Waals surface area contributed by atoms with E-state index in [1.165, 1.54) is 25.3 Å². The first kappa shape index (κ1) is 17.6. The molecule has 0 aliphatic carbocycles. The number of thiazole rings is 2. The van der Waals surface area contributed by atoms with Gasteiger partial charge in [0.05, 0.1) is 23.3 Å². The fourth-order valence-electron chi connectivity index (χ4n) is 1.61. The highest BCUT2D eigenvalue weighted by atomic mass is 32.1. The number of amides is 2. The van der Waals surface area contributed by atoms with E-state index in [1.807, 2.05) is 0 Å². The molecule has 0 atom stereocenters. The minimum atomic E-state index is -0.497. The summed E-state index contributed by atoms with van der Waals surface area (Å²) < 4.78 is 0. The Labute approximate surface area is 144 Å². The highest BCUT2D eigenvalue weighted by molar-refractivity contribution is 7.19. The Morgan fingerprint density at radius 3 is 2.75 bits per heavy atom. The fraction of sp³-hybridized carbons (Fsp3) is 0.250. The molecule has 0 saturated carbocycles. The molecule has 0 fully saturated rings. The number of nitrogens with two attached hydrogens (primary N) is 1. The maximum atomic E-state index is 12.0. The zero-order valence-electron chi connectivity index (χ0n) is 13.0. The number of carbonyl (C=O) groups excluding carboxylic acids is 2. The number of anilines is 1. The van der Waals surface area contributed by atoms with Gasteiger partial charge in [-0.25, -0.2) is 9.97 Å². The van der Waals surface area contributed by atoms with Gasteiger partial charge in [-0.3, -0.25) is 14.9 Å². The van der Waals surface area contributed by atoms with Crippen LogP contribution in [0.2, 0.25) is 0 Å². The monoisotopic (exact) mass is 366 g/mol. The summed E-state index contributed by atoms with van der Waals surface area (Å²) in [5, 5.41) is 17.6. The Bertz CT molecular complexity index is 823. The third kappa shape index (κ3) is 4.39. The largest absolute Gasteiger partial charge is 0.368 e. The van der Waals surface area contributed by atoms with Crippen LogP contribution >= 0.6 is 22.7 Å². The van der Waals surface area contributed by atoms with E-state index in [1.54, 1.807) is 12.3 Å². The fourth-order valence-corrected chi connectivity index (χ4v) is 3.36. The number of hydrogen-bond donors (Lipinski definition) is 3. The first-order valence-electron chi connectivity index (χ1n) is 6.55. The second-order valence-corrected chi connectivity index (χ2v) is 6.24. The van der Waals surface area contributed by atoms with Crippen LogP contribution in [0, 0.1) is 6.92 Å². The summed E-state index contributed by atoms with van der Waals surface area (Å²) in [4.78, 5) is 32.4. The maximum absolute atomic E-state index is 12.0. The summed E-state index contributed by atoms with van der Waals surface area (Å²) in [5.74, 6) is -0.875. The summed E-state index contributed by atoms with van der Waals surface area (Å²) in [7, 11) is 1.43. The molecule has 24 heavy (non-hydrogen) atoms. The molecule has 2 amide bonds. The average Bonchev–Trinajstić information content (AvgIpc) is 3.11. The lowest BCUT2D eigenvalue weighted by Gasteiger charge is -1.98. The topological polar surface area (TPSA) is 147 Å². The summed E-state index contributed by atoms with van der Waals surface area (Å²) in [6, 6.07) is 0. The molecule has 2 aromatic heterocycles. The van der Waals surface area contributed by atoms with Crippen LogP contribution in [0.3, 0.4) is 0 Å². The van der Waals surface area contributed by atoms with Crippen LogP contribution < -0.4 is 16.4 Å². The van der Waals surface area contributed by atoms with Crippen LogP contribution in [0.4, 0.5) is 5.13 Å². The van der Waals surface area contributed by atoms with Crippen molar-refractivity contribution in [3.63, 3.8) is 0 Å². The molecule has 0 aliphatic heterocycles. The Kier molecular flexibility index (Phi) is 5.65. The normalized spacial score (nSPS) is 11.7. The molecule has 4 N–H and O–H groups in total. The van der Waals surface area contributed by atoms with Gasteiger partial charge >= 0.3 is 0 Å². The van der Waals surface area contributed by atoms with Crippen LogP contribution in [0.15, 0.2) is 20.8 Å². The van der Waals surface area contributed by atoms with Crippen molar-refractivity contribution in [2.75, 3.05) is 12.4 Å². The molecule has 0 radical (unpaired) electrons. The minimum Gasteiger partial charge on any atom is -0.368 e. The summed E-state index contributed by atoms with van der Waals surface area (Å²) in [6.07, 6.45) is 0. The number of guanidine groups is 1. The first-order valence-corrected chi connectivity index (χ1v) is 8.25. The van der Waals surface area contributed by atoms with Crippen molar-refractivity contribution in [1.29, 1.82) is 0 Å². The van der Waals surface area contributed by atoms with Gasteiger partial charge in [-0.15, -0.1) is 11.3 Å². The molecule has 12 heteroatoms. The molecule has 2 rings (SSSR count). The lowest BCUT2D eigenvalue weighted by molar-refractivity contribution is -0.114. The van der Waals surface area contributed by atoms with Crippen LogP contribution in [-0.2, 0) is 4.79 Å². The number of aryl methyl sites for hydroxylation is 1. The Balaban J connectivity index is 2.17. The van der Waals surface area contributed by atoms with Crippen LogP contribution in [0.25, 0.3) is 10.6 Å². The van der Waals surface area contributed by atoms with Crippen molar-refractivity contribution in [1.82, 2.24) is 15.3 Å². The van der Waals surface area contributed by atoms with Crippen LogP contribution in [-0.4, -0.2) is 34.8 Å². The van der Waals surface area contributed by atoms with Gasteiger partial charge in [0.1, 0.15) is 0 Å². The van der Waals surface area contributed by atoms with E-state index in [2.05, 4.69) is 36.0 Å². The number of nitrogens with zero attached hydrogens (tertiary/aromatic N) is 5. The summed E-state index contributed by atoms with van der Waals surface area (Å²) >= 11 is 2.44. The molecule has 2 heterocycles. The molecule has 0 aliphatic rings. The molecule has 0 saturated heterocycles. The smallest absolute Gasteiger partial charge is 0.286 e. The van der Waals surface area contributed by atoms with E-state index in [9.17, 15) is 9.59 Å². The number of hydrogen-bond acceptors (Lipinski definition) is 8. The lowest BCUT2D eigenvalue weighted by atomic mass is 10.3. The molecular weight excluding hydrogens is 352 g/mol. The molecule has 126 valence electrons. The van der Waals surface area contributed by atoms with Gasteiger partial charge < -0.3 is 11.1 Å². The second kappa shape index (κ2) is 7.70. The van der Waals surface area contributed by atoms with Gasteiger partial charge in [-0.05, 0) is 12.1 Å². The van der Waals surface area contributed by atoms with Gasteiger partial charge in [-0.1, -0.05) is 16.4 Å². The molecular formula is C12H14N8O2S2. The highest BCUT2D eigenvalue weighted by Gasteiger charge is 2.17. The van der Waals surface area contributed by atoms with E-state index in [0.717, 1.165) is 16.2 Å². The van der Waals surface area contributed by atoms with Crippen LogP contribution in [0.5, 0.6) is 0 Å². The Morgan fingerprint density at radius 2 is 2.08 bits per heavy atom. The van der Waals surface area contributed by atoms with Crippen molar-refractivity contribution in [3.8, 4) is 10.6 Å². The van der Waals surface area contributed by atoms with Crippen molar-refractivity contribution < 1.29 is 9.59 Å². The summed E-state index contributed by atoms with van der Waals surface area (Å²) in [6.45, 7) is 3.21. The number of nitrogens with one attached hydrogen (secondary N) is 2. The molecule has 0 unspecified atom stereocenters. The number of rotatable bonds is 4. The molecule has 0 spiro atoms. The Hall–Kier alpha value is -2.73. The van der Waals surface area contributed by atoms with E-state index < -0.39 is 5.91 Å². The Morgan fingerprint density at radius 1 is 1.33 bits per heavy atom. The zero-order valence-corrected chi connectivity index (χ0v) is 14.7. The van der Waals surface area contributed by atoms with Gasteiger partial charge in [0.2, 0.25) is 11.9 Å². The molecule has 0 bridgehead atoms. The molecule has 2 aromatic rings. The number of carbonyl (C=O) groups is 2. The van der Waals surface area contributed by atoms with E-state index in [4.69, 9.17) is 5.73 Å². The third-order valence-corrected chi connectivity index (χ3v) is 4.43. The third-order valence-electron chi connectivity index (χ3n) is 2.49. The minimum absolute atomic E-state index is 0.177. The van der Waals surface area contributed by atoms with Gasteiger partial charge in [0.25, 0.3) is 5.91 Å². The van der Waals surface area contributed by atoms with Crippen molar-refractivity contribution in [2.45, 2.75) is 13.8 Å². The highest BCUT2D eigenvalue weighted by Crippen LogP contribution is 2.33. The average molecular weight is 366 g/mol. The van der Waals surface area contributed by atoms with Crippen molar-refractivity contribution in [2.24, 2.45) is 21.2 Å². The van der Waals surface area contributed by atoms with E-state index in [-0.39, 0.29) is 16.9 Å². The van der Waals surface area contributed by atoms with E-state index >= 15 is 0 Å². The van der Waals surface area contributed by atoms with Gasteiger partial charge in [-0.2, -0.15) is 5.11 Å². The van der Waals surface area contributed by atoms with E-state index in [0.29, 0.717) is 16.5 Å². The zero-order chi connectivity index (χ0) is 17.7. The molecule has 0 aromatic carbocycles. The van der Waals surface area contributed by atoms with Gasteiger partial charge in [0.15, 0.2) is 10.1 Å². The predicted molar refractivity (Wildman–Crippen MR) is 92.1 cm³/mol. The van der Waals surface area contributed by atoms with Crippen molar-refractivity contribution >= 4 is 45.6 Å². The standard InChI is InChI=1S/C12H14N8O2S2/c1-5-8(24-12(15-5)16-6(2)21)7-4-23-10(17-7)9(22)18-11(13)19-20-14-3/h4H,1-3H3,(H,15,16,21)(H3,13,14,18,19,22). The SMILES string of the molecule is CN=N/N=C(\N)NC(=O)c1nc(-c2sc(NC(C)=O)nc2C)cs1. The first-order chi connectivity index (χ1) is 11.4. The van der Waals surface area contributed by atoms with Crippen molar-refractivity contribution in [3.05, 3.63) is 16.1 Å². The lowest BCUT2D eigenvalue weighted by Crippen LogP contribution is -2.36. The quantitative estimate of drug-likeness (QED) is 0.325. The summed E-state index contributed by atoms with van der Waals surface area (Å²) in [5.41, 5.74) is 6.79. The maximum Gasteiger partial charge on any atom is 0.286 e. The molecule has 10 nitrogen and oxygen atoms in total.